The number of fused-ring (bicyclic) bond motifs is 2. The van der Waals surface area contributed by atoms with E-state index in [4.69, 9.17) is 14.2 Å². The van der Waals surface area contributed by atoms with Crippen molar-refractivity contribution in [2.45, 2.75) is 22.8 Å². The van der Waals surface area contributed by atoms with Crippen LogP contribution in [0.25, 0.3) is 21.5 Å². The first-order valence-corrected chi connectivity index (χ1v) is 12.2. The summed E-state index contributed by atoms with van der Waals surface area (Å²) in [5.41, 5.74) is 0.330. The summed E-state index contributed by atoms with van der Waals surface area (Å²) >= 11 is 1.70. The average molecular weight is 485 g/mol. The van der Waals surface area contributed by atoms with Crippen LogP contribution >= 0.6 is 11.8 Å². The molecule has 0 saturated carbocycles. The molecule has 0 N–H and O–H groups in total. The van der Waals surface area contributed by atoms with E-state index >= 15 is 0 Å². The number of hydrogen-bond donors (Lipinski definition) is 0. The summed E-state index contributed by atoms with van der Waals surface area (Å²) in [6.07, 6.45) is 1.07. The molecular weight excluding hydrogens is 456 g/mol. The zero-order chi connectivity index (χ0) is 24.6. The molecule has 0 aliphatic heterocycles. The summed E-state index contributed by atoms with van der Waals surface area (Å²) < 4.78 is 17.5. The van der Waals surface area contributed by atoms with Crippen molar-refractivity contribution in [1.29, 1.82) is 0 Å². The Hall–Kier alpha value is -3.54. The Bertz CT molecular complexity index is 1350. The molecule has 0 bridgehead atoms. The van der Waals surface area contributed by atoms with Crippen molar-refractivity contribution < 1.29 is 19.0 Å². The molecule has 4 rings (SSSR count). The third kappa shape index (κ3) is 6.32. The maximum atomic E-state index is 12.2. The smallest absolute Gasteiger partial charge is 0.333 e. The van der Waals surface area contributed by atoms with Gasteiger partial charge in [-0.25, -0.2) is 4.79 Å². The maximum Gasteiger partial charge on any atom is 0.333 e. The predicted molar refractivity (Wildman–Crippen MR) is 143 cm³/mol. The van der Waals surface area contributed by atoms with Gasteiger partial charge >= 0.3 is 5.97 Å². The van der Waals surface area contributed by atoms with Crippen molar-refractivity contribution in [3.8, 4) is 5.75 Å². The van der Waals surface area contributed by atoms with Gasteiger partial charge in [0.1, 0.15) is 12.4 Å². The monoisotopic (exact) mass is 484 g/mol. The molecule has 0 heterocycles. The van der Waals surface area contributed by atoms with Gasteiger partial charge in [0.25, 0.3) is 0 Å². The minimum Gasteiger partial charge on any atom is -0.488 e. The first-order chi connectivity index (χ1) is 17.0. The molecule has 1 atom stereocenters. The van der Waals surface area contributed by atoms with Crippen LogP contribution in [0.2, 0.25) is 0 Å². The van der Waals surface area contributed by atoms with Gasteiger partial charge in [0, 0.05) is 26.1 Å². The number of hydrogen-bond acceptors (Lipinski definition) is 5. The standard InChI is InChI=1S/C30H28O4S/c1-4-16-32-19-24(34-30(31)21(2)3)20-33-29-27-13-9-8-10-22(27)17-23-14-15-26(18-28(23)29)35-25-11-6-5-7-12-25/h4-15,17-18,24H,1-2,16,19-20H2,3H3. The molecule has 0 spiro atoms. The van der Waals surface area contributed by atoms with Crippen molar-refractivity contribution in [2.75, 3.05) is 19.8 Å². The van der Waals surface area contributed by atoms with Gasteiger partial charge in [-0.2, -0.15) is 0 Å². The van der Waals surface area contributed by atoms with Crippen molar-refractivity contribution >= 4 is 39.3 Å². The van der Waals surface area contributed by atoms with E-state index in [-0.39, 0.29) is 13.2 Å². The van der Waals surface area contributed by atoms with Gasteiger partial charge in [0.2, 0.25) is 0 Å². The zero-order valence-corrected chi connectivity index (χ0v) is 20.6. The molecule has 4 nitrogen and oxygen atoms in total. The minimum absolute atomic E-state index is 0.148. The largest absolute Gasteiger partial charge is 0.488 e. The quantitative estimate of drug-likeness (QED) is 0.0740. The zero-order valence-electron chi connectivity index (χ0n) is 19.7. The van der Waals surface area contributed by atoms with E-state index in [0.717, 1.165) is 32.2 Å². The van der Waals surface area contributed by atoms with Crippen LogP contribution in [0.1, 0.15) is 6.92 Å². The molecule has 4 aromatic rings. The fourth-order valence-corrected chi connectivity index (χ4v) is 4.55. The highest BCUT2D eigenvalue weighted by Crippen LogP contribution is 2.38. The predicted octanol–water partition coefficient (Wildman–Crippen LogP) is 7.21. The molecule has 5 heteroatoms. The average Bonchev–Trinajstić information content (AvgIpc) is 2.87. The van der Waals surface area contributed by atoms with E-state index < -0.39 is 12.1 Å². The van der Waals surface area contributed by atoms with Gasteiger partial charge < -0.3 is 14.2 Å². The Morgan fingerprint density at radius 2 is 1.66 bits per heavy atom. The lowest BCUT2D eigenvalue weighted by Crippen LogP contribution is -2.30. The molecule has 35 heavy (non-hydrogen) atoms. The Balaban J connectivity index is 1.68. The van der Waals surface area contributed by atoms with Gasteiger partial charge in [-0.1, -0.05) is 72.9 Å². The lowest BCUT2D eigenvalue weighted by molar-refractivity contribution is -0.148. The summed E-state index contributed by atoms with van der Waals surface area (Å²) in [6.45, 7) is 9.67. The van der Waals surface area contributed by atoms with Gasteiger partial charge in [0.05, 0.1) is 13.2 Å². The van der Waals surface area contributed by atoms with Crippen LogP contribution in [0.3, 0.4) is 0 Å². The van der Waals surface area contributed by atoms with Crippen LogP contribution in [-0.2, 0) is 14.3 Å². The van der Waals surface area contributed by atoms with Crippen LogP contribution in [0.4, 0.5) is 0 Å². The molecular formula is C30H28O4S. The molecule has 0 aromatic heterocycles. The highest BCUT2D eigenvalue weighted by molar-refractivity contribution is 7.99. The van der Waals surface area contributed by atoms with Gasteiger partial charge in [-0.05, 0) is 48.0 Å². The van der Waals surface area contributed by atoms with E-state index in [9.17, 15) is 4.79 Å². The lowest BCUT2D eigenvalue weighted by atomic mass is 10.0. The SMILES string of the molecule is C=CCOCC(COc1c2ccccc2cc2ccc(Sc3ccccc3)cc12)OC(=O)C(=C)C. The summed E-state index contributed by atoms with van der Waals surface area (Å²) in [6, 6.07) is 26.9. The van der Waals surface area contributed by atoms with E-state index in [2.05, 4.69) is 55.6 Å². The molecule has 0 saturated heterocycles. The first kappa shape index (κ1) is 24.6. The lowest BCUT2D eigenvalue weighted by Gasteiger charge is -2.20. The number of rotatable bonds is 11. The highest BCUT2D eigenvalue weighted by Gasteiger charge is 2.18. The van der Waals surface area contributed by atoms with Crippen LogP contribution < -0.4 is 4.74 Å². The molecule has 4 aromatic carbocycles. The van der Waals surface area contributed by atoms with Crippen molar-refractivity contribution in [3.05, 3.63) is 104 Å². The topological polar surface area (TPSA) is 44.8 Å². The third-order valence-electron chi connectivity index (χ3n) is 5.34. The van der Waals surface area contributed by atoms with E-state index in [1.54, 1.807) is 24.8 Å². The van der Waals surface area contributed by atoms with Crippen molar-refractivity contribution in [3.63, 3.8) is 0 Å². The van der Waals surface area contributed by atoms with Crippen LogP contribution in [0, 0.1) is 0 Å². The van der Waals surface area contributed by atoms with Crippen LogP contribution in [0.15, 0.2) is 113 Å². The first-order valence-electron chi connectivity index (χ1n) is 11.4. The molecule has 0 aliphatic carbocycles. The Kier molecular flexibility index (Phi) is 8.24. The molecule has 0 radical (unpaired) electrons. The van der Waals surface area contributed by atoms with Gasteiger partial charge in [-0.15, -0.1) is 6.58 Å². The minimum atomic E-state index is -0.588. The molecule has 178 valence electrons. The van der Waals surface area contributed by atoms with Gasteiger partial charge in [-0.3, -0.25) is 0 Å². The second-order valence-electron chi connectivity index (χ2n) is 8.17. The van der Waals surface area contributed by atoms with Crippen LogP contribution in [0.5, 0.6) is 5.75 Å². The van der Waals surface area contributed by atoms with E-state index in [1.165, 1.54) is 4.90 Å². The molecule has 0 fully saturated rings. The van der Waals surface area contributed by atoms with E-state index in [1.807, 2.05) is 36.4 Å². The maximum absolute atomic E-state index is 12.2. The third-order valence-corrected chi connectivity index (χ3v) is 6.34. The van der Waals surface area contributed by atoms with Crippen molar-refractivity contribution in [2.24, 2.45) is 0 Å². The summed E-state index contributed by atoms with van der Waals surface area (Å²) in [4.78, 5) is 14.5. The number of ether oxygens (including phenoxy) is 3. The second-order valence-corrected chi connectivity index (χ2v) is 9.32. The van der Waals surface area contributed by atoms with Gasteiger partial charge in [0.15, 0.2) is 6.10 Å². The number of carbonyl (C=O) groups excluding carboxylic acids is 1. The van der Waals surface area contributed by atoms with Crippen molar-refractivity contribution in [1.82, 2.24) is 0 Å². The molecule has 0 aliphatic rings. The fraction of sp³-hybridized carbons (Fsp3) is 0.167. The number of esters is 1. The summed E-state index contributed by atoms with van der Waals surface area (Å²) in [5.74, 6) is 0.291. The molecule has 1 unspecified atom stereocenters. The molecule has 0 amide bonds. The summed E-state index contributed by atoms with van der Waals surface area (Å²) in [7, 11) is 0. The van der Waals surface area contributed by atoms with Crippen LogP contribution in [-0.4, -0.2) is 31.9 Å². The summed E-state index contributed by atoms with van der Waals surface area (Å²) in [5, 5.41) is 4.16. The Morgan fingerprint density at radius 3 is 2.43 bits per heavy atom. The second kappa shape index (κ2) is 11.7. The fourth-order valence-electron chi connectivity index (χ4n) is 3.67. The normalized spacial score (nSPS) is 11.8. The van der Waals surface area contributed by atoms with E-state index in [0.29, 0.717) is 12.2 Å². The Morgan fingerprint density at radius 1 is 0.914 bits per heavy atom. The Labute approximate surface area is 210 Å². The number of carbonyl (C=O) groups is 1. The highest BCUT2D eigenvalue weighted by atomic mass is 32.2. The number of benzene rings is 4.